The van der Waals surface area contributed by atoms with Crippen LogP contribution in [-0.2, 0) is 13.0 Å². The standard InChI is InChI=1S/C22H22N4O2/c1-28-18-10-8-16(9-11-18)15-23-21-13-12-19(24-25-21)22(27)26-14-4-6-17-5-2-3-7-20(17)26/h2-3,5,7-13H,4,6,14-15H2,1H3,(H,23,25). The van der Waals surface area contributed by atoms with Gasteiger partial charge in [-0.15, -0.1) is 10.2 Å². The largest absolute Gasteiger partial charge is 0.497 e. The van der Waals surface area contributed by atoms with Gasteiger partial charge in [0.1, 0.15) is 11.6 Å². The lowest BCUT2D eigenvalue weighted by Gasteiger charge is -2.29. The smallest absolute Gasteiger partial charge is 0.278 e. The molecule has 1 N–H and O–H groups in total. The number of carbonyl (C=O) groups excluding carboxylic acids is 1. The van der Waals surface area contributed by atoms with Crippen LogP contribution in [0.5, 0.6) is 5.75 Å². The van der Waals surface area contributed by atoms with Crippen LogP contribution in [0.4, 0.5) is 11.5 Å². The second-order valence-electron chi connectivity index (χ2n) is 6.69. The number of hydrogen-bond donors (Lipinski definition) is 1. The fraction of sp³-hybridized carbons (Fsp3) is 0.227. The number of para-hydroxylation sites is 1. The minimum atomic E-state index is -0.110. The molecule has 1 amide bonds. The van der Waals surface area contributed by atoms with E-state index in [4.69, 9.17) is 4.74 Å². The van der Waals surface area contributed by atoms with E-state index in [0.29, 0.717) is 24.6 Å². The van der Waals surface area contributed by atoms with Gasteiger partial charge in [-0.2, -0.15) is 0 Å². The van der Waals surface area contributed by atoms with Crippen molar-refractivity contribution in [2.75, 3.05) is 23.9 Å². The molecule has 2 heterocycles. The Morgan fingerprint density at radius 2 is 1.89 bits per heavy atom. The Balaban J connectivity index is 1.42. The second kappa shape index (κ2) is 8.08. The van der Waals surface area contributed by atoms with Crippen molar-refractivity contribution in [3.05, 3.63) is 77.5 Å². The molecule has 6 heteroatoms. The lowest BCUT2D eigenvalue weighted by Crippen LogP contribution is -2.36. The highest BCUT2D eigenvalue weighted by Crippen LogP contribution is 2.27. The van der Waals surface area contributed by atoms with E-state index < -0.39 is 0 Å². The average Bonchev–Trinajstić information content (AvgIpc) is 2.77. The number of methoxy groups -OCH3 is 1. The Morgan fingerprint density at radius 3 is 2.64 bits per heavy atom. The van der Waals surface area contributed by atoms with Crippen molar-refractivity contribution in [2.45, 2.75) is 19.4 Å². The number of fused-ring (bicyclic) bond motifs is 1. The molecule has 0 saturated heterocycles. The lowest BCUT2D eigenvalue weighted by molar-refractivity contribution is 0.0979. The first-order valence-corrected chi connectivity index (χ1v) is 9.35. The monoisotopic (exact) mass is 374 g/mol. The van der Waals surface area contributed by atoms with Crippen LogP contribution in [0.3, 0.4) is 0 Å². The highest BCUT2D eigenvalue weighted by atomic mass is 16.5. The van der Waals surface area contributed by atoms with E-state index in [-0.39, 0.29) is 5.91 Å². The molecule has 0 bridgehead atoms. The molecule has 4 rings (SSSR count). The highest BCUT2D eigenvalue weighted by Gasteiger charge is 2.24. The van der Waals surface area contributed by atoms with E-state index in [1.807, 2.05) is 42.5 Å². The van der Waals surface area contributed by atoms with Crippen molar-refractivity contribution >= 4 is 17.4 Å². The maximum Gasteiger partial charge on any atom is 0.278 e. The summed E-state index contributed by atoms with van der Waals surface area (Å²) in [4.78, 5) is 14.7. The van der Waals surface area contributed by atoms with Gasteiger partial charge >= 0.3 is 0 Å². The first kappa shape index (κ1) is 18.0. The third-order valence-electron chi connectivity index (χ3n) is 4.87. The number of benzene rings is 2. The maximum atomic E-state index is 12.9. The van der Waals surface area contributed by atoms with Crippen LogP contribution in [0.15, 0.2) is 60.7 Å². The van der Waals surface area contributed by atoms with Gasteiger partial charge in [-0.25, -0.2) is 0 Å². The van der Waals surface area contributed by atoms with Crippen molar-refractivity contribution < 1.29 is 9.53 Å². The topological polar surface area (TPSA) is 67.3 Å². The molecule has 0 spiro atoms. The number of rotatable bonds is 5. The normalized spacial score (nSPS) is 13.0. The number of aryl methyl sites for hydroxylation is 1. The Bertz CT molecular complexity index is 955. The SMILES string of the molecule is COc1ccc(CNc2ccc(C(=O)N3CCCc4ccccc43)nn2)cc1. The molecule has 3 aromatic rings. The van der Waals surface area contributed by atoms with Crippen molar-refractivity contribution in [2.24, 2.45) is 0 Å². The molecule has 0 fully saturated rings. The van der Waals surface area contributed by atoms with Crippen LogP contribution >= 0.6 is 0 Å². The van der Waals surface area contributed by atoms with Gasteiger partial charge in [0.15, 0.2) is 5.69 Å². The summed E-state index contributed by atoms with van der Waals surface area (Å²) in [7, 11) is 1.65. The summed E-state index contributed by atoms with van der Waals surface area (Å²) in [5.41, 5.74) is 3.63. The maximum absolute atomic E-state index is 12.9. The van der Waals surface area contributed by atoms with Crippen molar-refractivity contribution in [1.29, 1.82) is 0 Å². The first-order chi connectivity index (χ1) is 13.7. The fourth-order valence-electron chi connectivity index (χ4n) is 3.36. The van der Waals surface area contributed by atoms with E-state index in [9.17, 15) is 4.79 Å². The summed E-state index contributed by atoms with van der Waals surface area (Å²) in [6.45, 7) is 1.32. The van der Waals surface area contributed by atoms with E-state index >= 15 is 0 Å². The van der Waals surface area contributed by atoms with Gasteiger partial charge < -0.3 is 15.0 Å². The molecule has 6 nitrogen and oxygen atoms in total. The number of amides is 1. The van der Waals surface area contributed by atoms with Gasteiger partial charge in [-0.3, -0.25) is 4.79 Å². The van der Waals surface area contributed by atoms with Gasteiger partial charge in [-0.05, 0) is 54.3 Å². The molecule has 0 unspecified atom stereocenters. The van der Waals surface area contributed by atoms with Crippen molar-refractivity contribution in [3.8, 4) is 5.75 Å². The zero-order valence-corrected chi connectivity index (χ0v) is 15.8. The lowest BCUT2D eigenvalue weighted by atomic mass is 10.0. The van der Waals surface area contributed by atoms with Crippen molar-refractivity contribution in [3.63, 3.8) is 0 Å². The quantitative estimate of drug-likeness (QED) is 0.738. The zero-order chi connectivity index (χ0) is 19.3. The Hall–Kier alpha value is -3.41. The van der Waals surface area contributed by atoms with Crippen LogP contribution in [0, 0.1) is 0 Å². The minimum Gasteiger partial charge on any atom is -0.497 e. The third kappa shape index (κ3) is 3.81. The highest BCUT2D eigenvalue weighted by molar-refractivity contribution is 6.05. The Labute approximate surface area is 164 Å². The first-order valence-electron chi connectivity index (χ1n) is 9.35. The van der Waals surface area contributed by atoms with E-state index in [2.05, 4.69) is 21.6 Å². The molecule has 1 aliphatic heterocycles. The second-order valence-corrected chi connectivity index (χ2v) is 6.69. The number of carbonyl (C=O) groups is 1. The summed E-state index contributed by atoms with van der Waals surface area (Å²) in [5, 5.41) is 11.5. The zero-order valence-electron chi connectivity index (χ0n) is 15.8. The van der Waals surface area contributed by atoms with Gasteiger partial charge in [0.25, 0.3) is 5.91 Å². The summed E-state index contributed by atoms with van der Waals surface area (Å²) >= 11 is 0. The number of hydrogen-bond acceptors (Lipinski definition) is 5. The molecular weight excluding hydrogens is 352 g/mol. The molecule has 28 heavy (non-hydrogen) atoms. The molecule has 1 aromatic heterocycles. The third-order valence-corrected chi connectivity index (χ3v) is 4.87. The van der Waals surface area contributed by atoms with Crippen molar-refractivity contribution in [1.82, 2.24) is 10.2 Å². The van der Waals surface area contributed by atoms with E-state index in [1.165, 1.54) is 5.56 Å². The van der Waals surface area contributed by atoms with Crippen LogP contribution in [0.1, 0.15) is 28.0 Å². The molecule has 0 aliphatic carbocycles. The van der Waals surface area contributed by atoms with E-state index in [0.717, 1.165) is 29.8 Å². The molecule has 2 aromatic carbocycles. The molecule has 0 atom stereocenters. The fourth-order valence-corrected chi connectivity index (χ4v) is 3.36. The van der Waals surface area contributed by atoms with E-state index in [1.54, 1.807) is 24.1 Å². The van der Waals surface area contributed by atoms with Crippen LogP contribution in [0.2, 0.25) is 0 Å². The molecule has 0 saturated carbocycles. The number of nitrogens with one attached hydrogen (secondary N) is 1. The number of ether oxygens (including phenoxy) is 1. The van der Waals surface area contributed by atoms with Crippen LogP contribution in [-0.4, -0.2) is 29.8 Å². The molecular formula is C22H22N4O2. The number of aromatic nitrogens is 2. The van der Waals surface area contributed by atoms with Gasteiger partial charge in [-0.1, -0.05) is 30.3 Å². The van der Waals surface area contributed by atoms with Crippen LogP contribution < -0.4 is 15.0 Å². The Kier molecular flexibility index (Phi) is 5.19. The molecule has 142 valence electrons. The Morgan fingerprint density at radius 1 is 1.07 bits per heavy atom. The summed E-state index contributed by atoms with van der Waals surface area (Å²) in [6, 6.07) is 19.4. The minimum absolute atomic E-state index is 0.110. The van der Waals surface area contributed by atoms with Gasteiger partial charge in [0.2, 0.25) is 0 Å². The number of nitrogens with zero attached hydrogens (tertiary/aromatic N) is 3. The van der Waals surface area contributed by atoms with Gasteiger partial charge in [0, 0.05) is 18.8 Å². The summed E-state index contributed by atoms with van der Waals surface area (Å²) < 4.78 is 5.16. The summed E-state index contributed by atoms with van der Waals surface area (Å²) in [5.74, 6) is 1.35. The van der Waals surface area contributed by atoms with Crippen LogP contribution in [0.25, 0.3) is 0 Å². The molecule has 1 aliphatic rings. The molecule has 0 radical (unpaired) electrons. The summed E-state index contributed by atoms with van der Waals surface area (Å²) in [6.07, 6.45) is 1.96. The predicted molar refractivity (Wildman–Crippen MR) is 109 cm³/mol. The predicted octanol–water partition coefficient (Wildman–Crippen LogP) is 3.69. The number of anilines is 2. The average molecular weight is 374 g/mol. The van der Waals surface area contributed by atoms with Gasteiger partial charge in [0.05, 0.1) is 7.11 Å².